The van der Waals surface area contributed by atoms with Crippen molar-refractivity contribution in [1.82, 2.24) is 25.5 Å². The van der Waals surface area contributed by atoms with E-state index < -0.39 is 23.8 Å². The van der Waals surface area contributed by atoms with Crippen molar-refractivity contribution in [3.63, 3.8) is 0 Å². The van der Waals surface area contributed by atoms with E-state index in [4.69, 9.17) is 14.1 Å². The van der Waals surface area contributed by atoms with Crippen LogP contribution in [0.1, 0.15) is 63.6 Å². The maximum absolute atomic E-state index is 13.8. The van der Waals surface area contributed by atoms with E-state index >= 15 is 0 Å². The lowest BCUT2D eigenvalue weighted by Gasteiger charge is -2.39. The Bertz CT molecular complexity index is 1300. The molecule has 0 radical (unpaired) electrons. The van der Waals surface area contributed by atoms with Crippen LogP contribution in [0.5, 0.6) is 0 Å². The predicted octanol–water partition coefficient (Wildman–Crippen LogP) is 2.45. The average molecular weight is 599 g/mol. The van der Waals surface area contributed by atoms with Gasteiger partial charge in [0.15, 0.2) is 0 Å². The Kier molecular flexibility index (Phi) is 7.86. The maximum Gasteiger partial charge on any atom is 0.408 e. The zero-order chi connectivity index (χ0) is 29.8. The van der Waals surface area contributed by atoms with Gasteiger partial charge in [0.25, 0.3) is 0 Å². The molecule has 2 N–H and O–H groups in total. The fraction of sp³-hybridized carbons (Fsp3) is 0.655. The minimum Gasteiger partial charge on any atom is -0.444 e. The van der Waals surface area contributed by atoms with E-state index in [1.54, 1.807) is 32.7 Å². The summed E-state index contributed by atoms with van der Waals surface area (Å²) in [5, 5.41) is 12.5. The zero-order valence-corrected chi connectivity index (χ0v) is 25.2. The molecule has 3 heterocycles. The molecular weight excluding hydrogens is 560 g/mol. The van der Waals surface area contributed by atoms with Gasteiger partial charge in [0.05, 0.1) is 30.2 Å². The molecule has 4 fully saturated rings. The van der Waals surface area contributed by atoms with E-state index in [0.717, 1.165) is 41.8 Å². The molecule has 2 aliphatic carbocycles. The van der Waals surface area contributed by atoms with Crippen LogP contribution >= 0.6 is 12.0 Å². The molecule has 3 saturated heterocycles. The molecule has 6 rings (SSSR count). The molecule has 0 aromatic heterocycles. The molecule has 7 atom stereocenters. The smallest absolute Gasteiger partial charge is 0.408 e. The molecule has 0 unspecified atom stereocenters. The Morgan fingerprint density at radius 1 is 1.21 bits per heavy atom. The molecule has 42 heavy (non-hydrogen) atoms. The number of benzene rings is 1. The minimum atomic E-state index is -0.909. The number of hydroxylamine groups is 1. The Morgan fingerprint density at radius 3 is 2.74 bits per heavy atom. The van der Waals surface area contributed by atoms with Crippen LogP contribution in [-0.4, -0.2) is 88.6 Å². The fourth-order valence-corrected chi connectivity index (χ4v) is 7.74. The topological polar surface area (TPSA) is 136 Å². The lowest BCUT2D eigenvalue weighted by atomic mass is 10.1. The molecule has 2 bridgehead atoms. The van der Waals surface area contributed by atoms with Gasteiger partial charge < -0.3 is 19.9 Å². The standard InChI is InChI=1S/C29H38N6O6S/c1-29(2,3)39-28(38)32-22(26(36)34-18(13-30)9-17-11-24(17)34)15-33-14-19-12-25(33)27(37)35(19)23-8-5-16-10-20(6-7-21(16)23)42-41-40-31-4/h6-7,10,17-19,22-25,31H,5,8-9,11-12,14-15H2,1-4H3,(H,32,38)/t17-,18+,19+,22+,23+,24+,25+/m1/s1. The van der Waals surface area contributed by atoms with Gasteiger partial charge in [-0.05, 0) is 82.1 Å². The van der Waals surface area contributed by atoms with Crippen LogP contribution in [0.3, 0.4) is 0 Å². The van der Waals surface area contributed by atoms with Crippen LogP contribution in [0.15, 0.2) is 23.1 Å². The number of piperazine rings is 1. The Labute approximate surface area is 250 Å². The largest absolute Gasteiger partial charge is 0.444 e. The van der Waals surface area contributed by atoms with Gasteiger partial charge in [0, 0.05) is 37.1 Å². The lowest BCUT2D eigenvalue weighted by molar-refractivity contribution is -0.237. The Morgan fingerprint density at radius 2 is 2.02 bits per heavy atom. The number of aryl methyl sites for hydroxylation is 1. The Hall–Kier alpha value is -2.89. The second kappa shape index (κ2) is 11.3. The third kappa shape index (κ3) is 5.58. The van der Waals surface area contributed by atoms with E-state index in [-0.39, 0.29) is 42.5 Å². The van der Waals surface area contributed by atoms with Crippen LogP contribution in [0.2, 0.25) is 0 Å². The van der Waals surface area contributed by atoms with Gasteiger partial charge in [-0.25, -0.2) is 4.79 Å². The normalized spacial score (nSPS) is 30.2. The van der Waals surface area contributed by atoms with Crippen molar-refractivity contribution < 1.29 is 28.4 Å². The summed E-state index contributed by atoms with van der Waals surface area (Å²) in [7, 11) is 1.62. The number of rotatable bonds is 9. The van der Waals surface area contributed by atoms with E-state index in [1.807, 2.05) is 15.9 Å². The molecule has 1 saturated carbocycles. The maximum atomic E-state index is 13.8. The number of likely N-dealkylation sites (tertiary alicyclic amines) is 3. The first-order valence-electron chi connectivity index (χ1n) is 14.6. The van der Waals surface area contributed by atoms with Gasteiger partial charge in [-0.15, -0.1) is 9.32 Å². The van der Waals surface area contributed by atoms with Crippen molar-refractivity contribution in [2.24, 2.45) is 5.92 Å². The number of nitriles is 1. The molecule has 5 aliphatic rings. The highest BCUT2D eigenvalue weighted by molar-refractivity contribution is 7.94. The number of carbonyl (C=O) groups is 3. The second-order valence-electron chi connectivity index (χ2n) is 12.8. The molecule has 1 aromatic carbocycles. The summed E-state index contributed by atoms with van der Waals surface area (Å²) < 4.78 is 10.5. The molecule has 13 heteroatoms. The van der Waals surface area contributed by atoms with Crippen molar-refractivity contribution in [3.8, 4) is 6.07 Å². The van der Waals surface area contributed by atoms with Crippen LogP contribution < -0.4 is 10.8 Å². The molecule has 0 spiro atoms. The fourth-order valence-electron chi connectivity index (χ4n) is 7.24. The lowest BCUT2D eigenvalue weighted by Crippen LogP contribution is -2.59. The molecular formula is C29H38N6O6S. The number of ether oxygens (including phenoxy) is 1. The number of fused-ring (bicyclic) bond motifs is 4. The summed E-state index contributed by atoms with van der Waals surface area (Å²) in [6.07, 6.45) is 3.32. The third-order valence-corrected chi connectivity index (χ3v) is 9.55. The summed E-state index contributed by atoms with van der Waals surface area (Å²) in [6, 6.07) is 6.75. The van der Waals surface area contributed by atoms with Gasteiger partial charge in [0.1, 0.15) is 17.7 Å². The number of alkyl carbamates (subject to hydrolysis) is 1. The third-order valence-electron chi connectivity index (χ3n) is 8.97. The van der Waals surface area contributed by atoms with Gasteiger partial charge >= 0.3 is 6.09 Å². The molecule has 1 aromatic rings. The quantitative estimate of drug-likeness (QED) is 0.189. The number of hydrogen-bond donors (Lipinski definition) is 2. The van der Waals surface area contributed by atoms with Gasteiger partial charge in [-0.2, -0.15) is 10.7 Å². The van der Waals surface area contributed by atoms with Gasteiger partial charge in [-0.3, -0.25) is 14.5 Å². The van der Waals surface area contributed by atoms with E-state index in [9.17, 15) is 19.6 Å². The van der Waals surface area contributed by atoms with Crippen molar-refractivity contribution in [2.75, 3.05) is 20.1 Å². The summed E-state index contributed by atoms with van der Waals surface area (Å²) in [4.78, 5) is 51.8. The predicted molar refractivity (Wildman–Crippen MR) is 151 cm³/mol. The van der Waals surface area contributed by atoms with Crippen LogP contribution in [0.4, 0.5) is 4.79 Å². The van der Waals surface area contributed by atoms with Crippen molar-refractivity contribution >= 4 is 30.0 Å². The summed E-state index contributed by atoms with van der Waals surface area (Å²) >= 11 is 1.13. The summed E-state index contributed by atoms with van der Waals surface area (Å²) in [6.45, 7) is 6.12. The molecule has 3 aliphatic heterocycles. The number of nitrogens with one attached hydrogen (secondary N) is 2. The number of nitrogens with zero attached hydrogens (tertiary/aromatic N) is 4. The molecule has 226 valence electrons. The molecule has 12 nitrogen and oxygen atoms in total. The Balaban J connectivity index is 1.14. The van der Waals surface area contributed by atoms with Crippen molar-refractivity contribution in [2.45, 2.75) is 99.6 Å². The minimum absolute atomic E-state index is 0.0169. The number of carbonyl (C=O) groups excluding carboxylic acids is 3. The monoisotopic (exact) mass is 598 g/mol. The number of hydrogen-bond acceptors (Lipinski definition) is 10. The van der Waals surface area contributed by atoms with Crippen molar-refractivity contribution in [3.05, 3.63) is 29.3 Å². The first kappa shape index (κ1) is 29.2. The van der Waals surface area contributed by atoms with Gasteiger partial charge in [0.2, 0.25) is 11.8 Å². The van der Waals surface area contributed by atoms with Crippen LogP contribution in [0, 0.1) is 17.2 Å². The number of piperidine rings is 1. The highest BCUT2D eigenvalue weighted by Crippen LogP contribution is 2.48. The van der Waals surface area contributed by atoms with E-state index in [2.05, 4.69) is 29.0 Å². The SMILES string of the molecule is CNOOSc1ccc2c(c1)CC[C@@H]2N1C(=O)[C@@H]2C[C@H]1CN2C[C@H](NC(=O)OC(C)(C)C)C(=O)N1[C@H](C#N)C[C@@H]2C[C@@H]21. The van der Waals surface area contributed by atoms with E-state index in [1.165, 1.54) is 5.56 Å². The first-order valence-corrected chi connectivity index (χ1v) is 15.4. The highest BCUT2D eigenvalue weighted by Gasteiger charge is 2.57. The number of amides is 3. The van der Waals surface area contributed by atoms with Crippen molar-refractivity contribution in [1.29, 1.82) is 5.26 Å². The highest BCUT2D eigenvalue weighted by atomic mass is 32.2. The second-order valence-corrected chi connectivity index (χ2v) is 13.6. The average Bonchev–Trinajstić information content (AvgIpc) is 3.26. The zero-order valence-electron chi connectivity index (χ0n) is 24.4. The first-order chi connectivity index (χ1) is 20.1. The van der Waals surface area contributed by atoms with Gasteiger partial charge in [-0.1, -0.05) is 6.07 Å². The summed E-state index contributed by atoms with van der Waals surface area (Å²) in [5.74, 6) is 0.152. The van der Waals surface area contributed by atoms with E-state index in [0.29, 0.717) is 25.3 Å². The van der Waals surface area contributed by atoms with Crippen LogP contribution in [-0.2, 0) is 30.1 Å². The summed E-state index contributed by atoms with van der Waals surface area (Å²) in [5.41, 5.74) is 4.10. The van der Waals surface area contributed by atoms with Crippen LogP contribution in [0.25, 0.3) is 0 Å². The molecule has 3 amide bonds.